The first-order chi connectivity index (χ1) is 12.3. The topological polar surface area (TPSA) is 84.6 Å². The number of alkyl halides is 3. The summed E-state index contributed by atoms with van der Waals surface area (Å²) >= 11 is 0. The van der Waals surface area contributed by atoms with Gasteiger partial charge in [0.2, 0.25) is 5.91 Å². The second-order valence-electron chi connectivity index (χ2n) is 5.62. The lowest BCUT2D eigenvalue weighted by atomic mass is 10.1. The lowest BCUT2D eigenvalue weighted by Crippen LogP contribution is -2.40. The third-order valence-electron chi connectivity index (χ3n) is 3.58. The van der Waals surface area contributed by atoms with E-state index in [0.717, 1.165) is 12.1 Å². The van der Waals surface area contributed by atoms with Gasteiger partial charge in [0, 0.05) is 6.54 Å². The lowest BCUT2D eigenvalue weighted by Gasteiger charge is -2.16. The third-order valence-corrected chi connectivity index (χ3v) is 3.58. The first-order valence-corrected chi connectivity index (χ1v) is 7.83. The maximum atomic E-state index is 12.5. The van der Waals surface area contributed by atoms with E-state index < -0.39 is 29.8 Å². The summed E-state index contributed by atoms with van der Waals surface area (Å²) in [5.41, 5.74) is 5.68. The van der Waals surface area contributed by atoms with Crippen LogP contribution in [-0.2, 0) is 11.0 Å². The minimum absolute atomic E-state index is 0. The lowest BCUT2D eigenvalue weighted by molar-refractivity contribution is -0.137. The van der Waals surface area contributed by atoms with Gasteiger partial charge in [0.05, 0.1) is 5.56 Å². The van der Waals surface area contributed by atoms with Crippen molar-refractivity contribution in [2.24, 2.45) is 5.73 Å². The summed E-state index contributed by atoms with van der Waals surface area (Å²) in [6.07, 6.45) is -5.45. The molecule has 2 unspecified atom stereocenters. The maximum absolute atomic E-state index is 12.5. The Kier molecular flexibility index (Phi) is 8.55. The number of aliphatic hydroxyl groups excluding tert-OH is 1. The molecule has 0 aliphatic carbocycles. The highest BCUT2D eigenvalue weighted by molar-refractivity contribution is 5.85. The van der Waals surface area contributed by atoms with Crippen molar-refractivity contribution in [1.82, 2.24) is 5.32 Å². The Morgan fingerprint density at radius 3 is 2.26 bits per heavy atom. The summed E-state index contributed by atoms with van der Waals surface area (Å²) in [6, 6.07) is 12.0. The number of carbonyl (C=O) groups is 1. The van der Waals surface area contributed by atoms with Crippen molar-refractivity contribution in [3.05, 3.63) is 65.7 Å². The van der Waals surface area contributed by atoms with Crippen LogP contribution < -0.4 is 15.8 Å². The highest BCUT2D eigenvalue weighted by atomic mass is 35.5. The molecule has 0 aromatic heterocycles. The number of amides is 1. The minimum Gasteiger partial charge on any atom is -0.491 e. The van der Waals surface area contributed by atoms with Crippen molar-refractivity contribution in [3.8, 4) is 5.75 Å². The second kappa shape index (κ2) is 10.1. The standard InChI is InChI=1S/C18H19F3N2O3.ClH/c19-18(20,21)13-6-8-15(9-7-13)26-11-14(24)10-23-17(25)16(22)12-4-2-1-3-5-12;/h1-9,14,16,24H,10-11,22H2,(H,23,25);1H. The number of hydrogen-bond acceptors (Lipinski definition) is 4. The summed E-state index contributed by atoms with van der Waals surface area (Å²) in [4.78, 5) is 12.0. The highest BCUT2D eigenvalue weighted by Crippen LogP contribution is 2.30. The number of ether oxygens (including phenoxy) is 1. The summed E-state index contributed by atoms with van der Waals surface area (Å²) in [5, 5.41) is 12.3. The smallest absolute Gasteiger partial charge is 0.416 e. The molecular formula is C18H20ClF3N2O3. The third kappa shape index (κ3) is 7.09. The normalized spacial score (nSPS) is 13.2. The molecule has 0 bridgehead atoms. The van der Waals surface area contributed by atoms with Gasteiger partial charge in [-0.05, 0) is 29.8 Å². The Balaban J connectivity index is 0.00000364. The Labute approximate surface area is 160 Å². The molecule has 0 saturated heterocycles. The van der Waals surface area contributed by atoms with E-state index in [1.54, 1.807) is 30.3 Å². The van der Waals surface area contributed by atoms with Gasteiger partial charge in [0.1, 0.15) is 24.5 Å². The SMILES string of the molecule is Cl.NC(C(=O)NCC(O)COc1ccc(C(F)(F)F)cc1)c1ccccc1. The van der Waals surface area contributed by atoms with Crippen LogP contribution in [0.25, 0.3) is 0 Å². The number of nitrogens with two attached hydrogens (primary N) is 1. The van der Waals surface area contributed by atoms with Crippen LogP contribution in [0.15, 0.2) is 54.6 Å². The van der Waals surface area contributed by atoms with Crippen LogP contribution in [0.5, 0.6) is 5.75 Å². The quantitative estimate of drug-likeness (QED) is 0.662. The zero-order valence-electron chi connectivity index (χ0n) is 14.1. The zero-order chi connectivity index (χ0) is 19.2. The predicted octanol–water partition coefficient (Wildman–Crippen LogP) is 2.68. The molecule has 2 aromatic rings. The average Bonchev–Trinajstić information content (AvgIpc) is 2.64. The molecule has 0 aliphatic rings. The number of nitrogens with one attached hydrogen (secondary N) is 1. The van der Waals surface area contributed by atoms with E-state index in [1.807, 2.05) is 0 Å². The summed E-state index contributed by atoms with van der Waals surface area (Å²) < 4.78 is 42.6. The van der Waals surface area contributed by atoms with E-state index in [2.05, 4.69) is 5.32 Å². The minimum atomic E-state index is -4.42. The monoisotopic (exact) mass is 404 g/mol. The molecule has 148 valence electrons. The van der Waals surface area contributed by atoms with E-state index in [0.29, 0.717) is 5.56 Å². The van der Waals surface area contributed by atoms with Crippen molar-refractivity contribution in [1.29, 1.82) is 0 Å². The Morgan fingerprint density at radius 1 is 1.11 bits per heavy atom. The number of rotatable bonds is 7. The second-order valence-corrected chi connectivity index (χ2v) is 5.62. The molecule has 2 atom stereocenters. The van der Waals surface area contributed by atoms with E-state index >= 15 is 0 Å². The maximum Gasteiger partial charge on any atom is 0.416 e. The van der Waals surface area contributed by atoms with Crippen molar-refractivity contribution in [2.75, 3.05) is 13.2 Å². The molecule has 0 spiro atoms. The van der Waals surface area contributed by atoms with E-state index in [9.17, 15) is 23.1 Å². The first kappa shape index (κ1) is 22.8. The van der Waals surface area contributed by atoms with Crippen LogP contribution in [0.1, 0.15) is 17.2 Å². The van der Waals surface area contributed by atoms with Crippen LogP contribution in [-0.4, -0.2) is 30.3 Å². The van der Waals surface area contributed by atoms with Crippen LogP contribution in [0.3, 0.4) is 0 Å². The van der Waals surface area contributed by atoms with E-state index in [1.165, 1.54) is 12.1 Å². The van der Waals surface area contributed by atoms with Gasteiger partial charge in [-0.2, -0.15) is 13.2 Å². The molecule has 0 fully saturated rings. The van der Waals surface area contributed by atoms with Crippen molar-refractivity contribution in [2.45, 2.75) is 18.3 Å². The highest BCUT2D eigenvalue weighted by Gasteiger charge is 2.30. The molecule has 0 radical (unpaired) electrons. The van der Waals surface area contributed by atoms with Gasteiger partial charge in [-0.15, -0.1) is 12.4 Å². The van der Waals surface area contributed by atoms with Crippen molar-refractivity contribution < 1.29 is 27.8 Å². The van der Waals surface area contributed by atoms with Crippen molar-refractivity contribution >= 4 is 18.3 Å². The van der Waals surface area contributed by atoms with Gasteiger partial charge >= 0.3 is 6.18 Å². The number of benzene rings is 2. The molecule has 4 N–H and O–H groups in total. The molecule has 0 saturated carbocycles. The van der Waals surface area contributed by atoms with Gasteiger partial charge < -0.3 is 20.9 Å². The fraction of sp³-hybridized carbons (Fsp3) is 0.278. The van der Waals surface area contributed by atoms with E-state index in [-0.39, 0.29) is 31.3 Å². The summed E-state index contributed by atoms with van der Waals surface area (Å²) in [6.45, 7) is -0.285. The van der Waals surface area contributed by atoms with Gasteiger partial charge in [-0.25, -0.2) is 0 Å². The molecule has 27 heavy (non-hydrogen) atoms. The average molecular weight is 405 g/mol. The number of carbonyl (C=O) groups excluding carboxylic acids is 1. The fourth-order valence-corrected chi connectivity index (χ4v) is 2.13. The van der Waals surface area contributed by atoms with Crippen LogP contribution in [0.4, 0.5) is 13.2 Å². The molecule has 2 rings (SSSR count). The van der Waals surface area contributed by atoms with Crippen LogP contribution >= 0.6 is 12.4 Å². The number of halogens is 4. The Morgan fingerprint density at radius 2 is 1.70 bits per heavy atom. The molecule has 2 aromatic carbocycles. The molecular weight excluding hydrogens is 385 g/mol. The fourth-order valence-electron chi connectivity index (χ4n) is 2.13. The molecule has 0 heterocycles. The molecule has 5 nitrogen and oxygen atoms in total. The molecule has 9 heteroatoms. The Hall–Kier alpha value is -2.29. The van der Waals surface area contributed by atoms with Gasteiger partial charge in [-0.1, -0.05) is 30.3 Å². The van der Waals surface area contributed by atoms with Crippen LogP contribution in [0, 0.1) is 0 Å². The van der Waals surface area contributed by atoms with Gasteiger partial charge in [-0.3, -0.25) is 4.79 Å². The van der Waals surface area contributed by atoms with Gasteiger partial charge in [0.15, 0.2) is 0 Å². The van der Waals surface area contributed by atoms with Crippen molar-refractivity contribution in [3.63, 3.8) is 0 Å². The zero-order valence-corrected chi connectivity index (χ0v) is 15.0. The van der Waals surface area contributed by atoms with Gasteiger partial charge in [0.25, 0.3) is 0 Å². The first-order valence-electron chi connectivity index (χ1n) is 7.83. The largest absolute Gasteiger partial charge is 0.491 e. The predicted molar refractivity (Wildman–Crippen MR) is 96.6 cm³/mol. The Bertz CT molecular complexity index is 712. The number of hydrogen-bond donors (Lipinski definition) is 3. The summed E-state index contributed by atoms with van der Waals surface area (Å²) in [7, 11) is 0. The summed E-state index contributed by atoms with van der Waals surface area (Å²) in [5.74, 6) is -0.269. The van der Waals surface area contributed by atoms with Crippen LogP contribution in [0.2, 0.25) is 0 Å². The molecule has 1 amide bonds. The molecule has 0 aliphatic heterocycles. The van der Waals surface area contributed by atoms with E-state index in [4.69, 9.17) is 10.5 Å². The number of aliphatic hydroxyl groups is 1.